The molecular formula is C12H19N3O2. The Balaban J connectivity index is 2.57. The monoisotopic (exact) mass is 237 g/mol. The molecule has 0 spiro atoms. The molecule has 1 amide bonds. The quantitative estimate of drug-likeness (QED) is 0.584. The van der Waals surface area contributed by atoms with Gasteiger partial charge in [-0.3, -0.25) is 9.69 Å². The van der Waals surface area contributed by atoms with E-state index < -0.39 is 11.9 Å². The molecule has 5 N–H and O–H groups in total. The van der Waals surface area contributed by atoms with Gasteiger partial charge in [0.2, 0.25) is 5.91 Å². The number of amides is 1. The fourth-order valence-corrected chi connectivity index (χ4v) is 1.59. The Kier molecular flexibility index (Phi) is 5.62. The summed E-state index contributed by atoms with van der Waals surface area (Å²) >= 11 is 0. The maximum absolute atomic E-state index is 10.9. The van der Waals surface area contributed by atoms with Crippen molar-refractivity contribution >= 4 is 5.91 Å². The summed E-state index contributed by atoms with van der Waals surface area (Å²) in [5.41, 5.74) is 11.8. The molecule has 1 unspecified atom stereocenters. The zero-order chi connectivity index (χ0) is 12.7. The maximum atomic E-state index is 10.9. The highest BCUT2D eigenvalue weighted by Crippen LogP contribution is 2.04. The summed E-state index contributed by atoms with van der Waals surface area (Å²) in [4.78, 5) is 12.8. The molecule has 0 aliphatic carbocycles. The lowest BCUT2D eigenvalue weighted by Gasteiger charge is -2.23. The topological polar surface area (TPSA) is 92.6 Å². The molecule has 0 saturated carbocycles. The molecule has 5 nitrogen and oxygen atoms in total. The van der Waals surface area contributed by atoms with Gasteiger partial charge in [0.1, 0.15) is 0 Å². The van der Waals surface area contributed by atoms with Crippen molar-refractivity contribution in [3.63, 3.8) is 0 Å². The SMILES string of the molecule is NC(=O)C(N)CN(CCO)Cc1ccccc1. The van der Waals surface area contributed by atoms with Gasteiger partial charge < -0.3 is 16.6 Å². The minimum absolute atomic E-state index is 0.0261. The molecule has 0 aliphatic rings. The number of rotatable bonds is 7. The standard InChI is InChI=1S/C12H19N3O2/c13-11(12(14)17)9-15(6-7-16)8-10-4-2-1-3-5-10/h1-5,11,16H,6-9,13H2,(H2,14,17). The second kappa shape index (κ2) is 7.01. The predicted molar refractivity (Wildman–Crippen MR) is 66.0 cm³/mol. The van der Waals surface area contributed by atoms with Gasteiger partial charge in [-0.15, -0.1) is 0 Å². The van der Waals surface area contributed by atoms with Crippen LogP contribution in [0.2, 0.25) is 0 Å². The highest BCUT2D eigenvalue weighted by atomic mass is 16.3. The van der Waals surface area contributed by atoms with Gasteiger partial charge in [-0.25, -0.2) is 0 Å². The Labute approximate surface area is 101 Å². The number of aliphatic hydroxyl groups is 1. The molecule has 5 heteroatoms. The van der Waals surface area contributed by atoms with Crippen molar-refractivity contribution in [1.82, 2.24) is 4.90 Å². The van der Waals surface area contributed by atoms with Gasteiger partial charge in [0, 0.05) is 19.6 Å². The number of hydrogen-bond acceptors (Lipinski definition) is 4. The van der Waals surface area contributed by atoms with Crippen LogP contribution in [0.3, 0.4) is 0 Å². The molecule has 0 bridgehead atoms. The molecular weight excluding hydrogens is 218 g/mol. The first-order chi connectivity index (χ1) is 8.13. The van der Waals surface area contributed by atoms with Crippen LogP contribution in [-0.4, -0.2) is 41.7 Å². The average Bonchev–Trinajstić information content (AvgIpc) is 2.30. The van der Waals surface area contributed by atoms with Crippen molar-refractivity contribution in [2.24, 2.45) is 11.5 Å². The first-order valence-electron chi connectivity index (χ1n) is 5.55. The second-order valence-corrected chi connectivity index (χ2v) is 3.95. The van der Waals surface area contributed by atoms with E-state index in [0.717, 1.165) is 5.56 Å². The summed E-state index contributed by atoms with van der Waals surface area (Å²) in [5, 5.41) is 8.97. The van der Waals surface area contributed by atoms with E-state index in [2.05, 4.69) is 0 Å². The van der Waals surface area contributed by atoms with Crippen molar-refractivity contribution < 1.29 is 9.90 Å². The van der Waals surface area contributed by atoms with Crippen molar-refractivity contribution in [1.29, 1.82) is 0 Å². The summed E-state index contributed by atoms with van der Waals surface area (Å²) in [5.74, 6) is -0.527. The summed E-state index contributed by atoms with van der Waals surface area (Å²) in [6.45, 7) is 1.49. The molecule has 1 aromatic carbocycles. The number of carbonyl (C=O) groups is 1. The number of aliphatic hydroxyl groups excluding tert-OH is 1. The normalized spacial score (nSPS) is 12.6. The van der Waals surface area contributed by atoms with E-state index in [1.54, 1.807) is 0 Å². The second-order valence-electron chi connectivity index (χ2n) is 3.95. The Morgan fingerprint density at radius 3 is 2.53 bits per heavy atom. The minimum atomic E-state index is -0.703. The summed E-state index contributed by atoms with van der Waals surface area (Å²) < 4.78 is 0. The summed E-state index contributed by atoms with van der Waals surface area (Å²) in [6.07, 6.45) is 0. The zero-order valence-electron chi connectivity index (χ0n) is 9.75. The van der Waals surface area contributed by atoms with Crippen molar-refractivity contribution in [2.45, 2.75) is 12.6 Å². The molecule has 0 saturated heterocycles. The van der Waals surface area contributed by atoms with Crippen LogP contribution in [0.25, 0.3) is 0 Å². The van der Waals surface area contributed by atoms with Crippen LogP contribution in [0.15, 0.2) is 30.3 Å². The Hall–Kier alpha value is -1.43. The van der Waals surface area contributed by atoms with Crippen molar-refractivity contribution in [2.75, 3.05) is 19.7 Å². The zero-order valence-corrected chi connectivity index (χ0v) is 9.75. The Bertz CT molecular complexity index is 343. The molecule has 1 rings (SSSR count). The van der Waals surface area contributed by atoms with E-state index in [0.29, 0.717) is 19.6 Å². The Morgan fingerprint density at radius 2 is 2.00 bits per heavy atom. The highest BCUT2D eigenvalue weighted by Gasteiger charge is 2.14. The third kappa shape index (κ3) is 4.95. The van der Waals surface area contributed by atoms with E-state index in [9.17, 15) is 4.79 Å². The third-order valence-corrected chi connectivity index (χ3v) is 2.49. The first kappa shape index (κ1) is 13.6. The van der Waals surface area contributed by atoms with Gasteiger partial charge in [-0.05, 0) is 5.56 Å². The summed E-state index contributed by atoms with van der Waals surface area (Å²) in [6, 6.07) is 9.10. The number of primary amides is 1. The lowest BCUT2D eigenvalue weighted by molar-refractivity contribution is -0.119. The van der Waals surface area contributed by atoms with Gasteiger partial charge >= 0.3 is 0 Å². The Morgan fingerprint density at radius 1 is 1.35 bits per heavy atom. The molecule has 0 aliphatic heterocycles. The van der Waals surface area contributed by atoms with E-state index >= 15 is 0 Å². The van der Waals surface area contributed by atoms with Gasteiger partial charge in [0.15, 0.2) is 0 Å². The number of nitrogens with two attached hydrogens (primary N) is 2. The highest BCUT2D eigenvalue weighted by molar-refractivity contribution is 5.79. The largest absolute Gasteiger partial charge is 0.395 e. The average molecular weight is 237 g/mol. The number of carbonyl (C=O) groups excluding carboxylic acids is 1. The molecule has 0 aromatic heterocycles. The first-order valence-corrected chi connectivity index (χ1v) is 5.55. The molecule has 0 fully saturated rings. The van der Waals surface area contributed by atoms with Crippen LogP contribution < -0.4 is 11.5 Å². The van der Waals surface area contributed by atoms with Crippen LogP contribution >= 0.6 is 0 Å². The van der Waals surface area contributed by atoms with Crippen LogP contribution in [0.4, 0.5) is 0 Å². The number of nitrogens with zero attached hydrogens (tertiary/aromatic N) is 1. The molecule has 17 heavy (non-hydrogen) atoms. The van der Waals surface area contributed by atoms with Crippen LogP contribution in [0.5, 0.6) is 0 Å². The number of benzene rings is 1. The molecule has 0 radical (unpaired) electrons. The van der Waals surface area contributed by atoms with E-state index in [1.807, 2.05) is 35.2 Å². The van der Waals surface area contributed by atoms with E-state index in [4.69, 9.17) is 16.6 Å². The van der Waals surface area contributed by atoms with E-state index in [1.165, 1.54) is 0 Å². The van der Waals surface area contributed by atoms with Crippen LogP contribution in [-0.2, 0) is 11.3 Å². The fourth-order valence-electron chi connectivity index (χ4n) is 1.59. The maximum Gasteiger partial charge on any atom is 0.235 e. The van der Waals surface area contributed by atoms with Gasteiger partial charge in [0.25, 0.3) is 0 Å². The van der Waals surface area contributed by atoms with E-state index in [-0.39, 0.29) is 6.61 Å². The van der Waals surface area contributed by atoms with Crippen LogP contribution in [0, 0.1) is 0 Å². The molecule has 0 heterocycles. The fraction of sp³-hybridized carbons (Fsp3) is 0.417. The lowest BCUT2D eigenvalue weighted by atomic mass is 10.2. The predicted octanol–water partition coefficient (Wildman–Crippen LogP) is -0.706. The molecule has 94 valence electrons. The molecule has 1 aromatic rings. The van der Waals surface area contributed by atoms with Crippen LogP contribution in [0.1, 0.15) is 5.56 Å². The lowest BCUT2D eigenvalue weighted by Crippen LogP contribution is -2.46. The third-order valence-electron chi connectivity index (χ3n) is 2.49. The van der Waals surface area contributed by atoms with Crippen molar-refractivity contribution in [3.8, 4) is 0 Å². The van der Waals surface area contributed by atoms with Gasteiger partial charge in [-0.2, -0.15) is 0 Å². The summed E-state index contributed by atoms with van der Waals surface area (Å²) in [7, 11) is 0. The minimum Gasteiger partial charge on any atom is -0.395 e. The van der Waals surface area contributed by atoms with Crippen molar-refractivity contribution in [3.05, 3.63) is 35.9 Å². The smallest absolute Gasteiger partial charge is 0.235 e. The molecule has 1 atom stereocenters. The number of hydrogen-bond donors (Lipinski definition) is 3. The van der Waals surface area contributed by atoms with Gasteiger partial charge in [-0.1, -0.05) is 30.3 Å². The van der Waals surface area contributed by atoms with Gasteiger partial charge in [0.05, 0.1) is 12.6 Å².